The molecule has 1 aromatic carbocycles. The molecule has 3 rings (SSSR count). The van der Waals surface area contributed by atoms with Crippen LogP contribution < -0.4 is 10.6 Å². The molecular weight excluding hydrogens is 483 g/mol. The second-order valence-corrected chi connectivity index (χ2v) is 6.68. The average molecular weight is 503 g/mol. The topological polar surface area (TPSA) is 62.5 Å². The number of halogens is 2. The van der Waals surface area contributed by atoms with E-state index in [1.807, 2.05) is 48.7 Å². The van der Waals surface area contributed by atoms with Crippen molar-refractivity contribution in [3.63, 3.8) is 0 Å². The molecule has 0 spiro atoms. The standard InChI is InChI=1S/C18H19ClN4OS.HI/c1-2-20-18(21-10-13-5-7-14(19)8-6-13)22-11-15-12-24-17(23-15)16-4-3-9-25-16;/h3-9,12H,2,10-11H2,1H3,(H2,20,21,22);1H. The molecule has 0 radical (unpaired) electrons. The largest absolute Gasteiger partial charge is 0.443 e. The van der Waals surface area contributed by atoms with Crippen molar-refractivity contribution >= 4 is 52.9 Å². The molecule has 0 bridgehead atoms. The predicted octanol–water partition coefficient (Wildman–Crippen LogP) is 4.93. The van der Waals surface area contributed by atoms with Gasteiger partial charge in [0.05, 0.1) is 23.7 Å². The fourth-order valence-electron chi connectivity index (χ4n) is 2.18. The van der Waals surface area contributed by atoms with Gasteiger partial charge >= 0.3 is 0 Å². The molecule has 0 aliphatic heterocycles. The normalized spacial score (nSPS) is 11.1. The minimum Gasteiger partial charge on any atom is -0.443 e. The number of aromatic nitrogens is 1. The first-order valence-corrected chi connectivity index (χ1v) is 9.25. The Hall–Kier alpha value is -1.58. The zero-order chi connectivity index (χ0) is 17.5. The van der Waals surface area contributed by atoms with E-state index in [2.05, 4.69) is 20.6 Å². The Morgan fingerprint density at radius 2 is 2.04 bits per heavy atom. The van der Waals surface area contributed by atoms with Gasteiger partial charge in [0.15, 0.2) is 5.96 Å². The van der Waals surface area contributed by atoms with Gasteiger partial charge in [-0.2, -0.15) is 0 Å². The van der Waals surface area contributed by atoms with Gasteiger partial charge in [0, 0.05) is 11.6 Å². The molecule has 0 aliphatic carbocycles. The number of aliphatic imine (C=N–C) groups is 1. The molecule has 2 aromatic heterocycles. The van der Waals surface area contributed by atoms with Crippen molar-refractivity contribution in [2.45, 2.75) is 20.0 Å². The Labute approximate surface area is 178 Å². The van der Waals surface area contributed by atoms with Crippen LogP contribution in [0.2, 0.25) is 5.02 Å². The van der Waals surface area contributed by atoms with Gasteiger partial charge in [-0.3, -0.25) is 0 Å². The summed E-state index contributed by atoms with van der Waals surface area (Å²) in [6, 6.07) is 11.7. The highest BCUT2D eigenvalue weighted by Crippen LogP contribution is 2.23. The van der Waals surface area contributed by atoms with Crippen molar-refractivity contribution < 1.29 is 4.42 Å². The van der Waals surface area contributed by atoms with Crippen LogP contribution in [0.1, 0.15) is 18.2 Å². The summed E-state index contributed by atoms with van der Waals surface area (Å²) in [5, 5.41) is 9.23. The van der Waals surface area contributed by atoms with E-state index in [-0.39, 0.29) is 24.0 Å². The van der Waals surface area contributed by atoms with Crippen molar-refractivity contribution in [1.29, 1.82) is 0 Å². The first kappa shape index (κ1) is 20.7. The number of benzene rings is 1. The Kier molecular flexibility index (Phi) is 8.40. The summed E-state index contributed by atoms with van der Waals surface area (Å²) in [5.74, 6) is 1.38. The zero-order valence-electron chi connectivity index (χ0n) is 14.2. The summed E-state index contributed by atoms with van der Waals surface area (Å²) in [7, 11) is 0. The Bertz CT molecular complexity index is 818. The monoisotopic (exact) mass is 502 g/mol. The van der Waals surface area contributed by atoms with Crippen molar-refractivity contribution in [2.24, 2.45) is 4.99 Å². The molecule has 2 heterocycles. The highest BCUT2D eigenvalue weighted by atomic mass is 127. The lowest BCUT2D eigenvalue weighted by Crippen LogP contribution is -2.36. The highest BCUT2D eigenvalue weighted by molar-refractivity contribution is 14.0. The second kappa shape index (κ2) is 10.5. The van der Waals surface area contributed by atoms with Crippen LogP contribution in [-0.4, -0.2) is 17.5 Å². The summed E-state index contributed by atoms with van der Waals surface area (Å²) in [6.07, 6.45) is 1.67. The minimum atomic E-state index is 0. The van der Waals surface area contributed by atoms with E-state index < -0.39 is 0 Å². The van der Waals surface area contributed by atoms with Crippen molar-refractivity contribution in [3.8, 4) is 10.8 Å². The third kappa shape index (κ3) is 6.00. The van der Waals surface area contributed by atoms with Crippen LogP contribution in [0, 0.1) is 0 Å². The first-order valence-electron chi connectivity index (χ1n) is 7.99. The predicted molar refractivity (Wildman–Crippen MR) is 118 cm³/mol. The van der Waals surface area contributed by atoms with Gasteiger partial charge in [0.2, 0.25) is 5.89 Å². The van der Waals surface area contributed by atoms with Crippen molar-refractivity contribution in [1.82, 2.24) is 15.6 Å². The van der Waals surface area contributed by atoms with Crippen LogP contribution in [0.25, 0.3) is 10.8 Å². The molecule has 8 heteroatoms. The van der Waals surface area contributed by atoms with Gasteiger partial charge in [-0.05, 0) is 36.1 Å². The quantitative estimate of drug-likeness (QED) is 0.285. The minimum absolute atomic E-state index is 0. The van der Waals surface area contributed by atoms with Crippen LogP contribution in [0.15, 0.2) is 57.5 Å². The van der Waals surface area contributed by atoms with Crippen LogP contribution in [0.5, 0.6) is 0 Å². The maximum atomic E-state index is 5.91. The number of thiophene rings is 1. The van der Waals surface area contributed by atoms with Gasteiger partial charge in [-0.15, -0.1) is 35.3 Å². The molecule has 0 fully saturated rings. The second-order valence-electron chi connectivity index (χ2n) is 5.30. The molecule has 0 saturated carbocycles. The zero-order valence-corrected chi connectivity index (χ0v) is 18.1. The van der Waals surface area contributed by atoms with Gasteiger partial charge in [-0.1, -0.05) is 29.8 Å². The lowest BCUT2D eigenvalue weighted by molar-refractivity contribution is 0.573. The van der Waals surface area contributed by atoms with Gasteiger partial charge in [0.1, 0.15) is 6.26 Å². The third-order valence-electron chi connectivity index (χ3n) is 3.40. The Morgan fingerprint density at radius 1 is 1.23 bits per heavy atom. The SMILES string of the molecule is CCNC(=NCc1ccc(Cl)cc1)NCc1coc(-c2cccs2)n1.I. The smallest absolute Gasteiger partial charge is 0.236 e. The van der Waals surface area contributed by atoms with Crippen LogP contribution in [-0.2, 0) is 13.1 Å². The number of oxazole rings is 1. The Morgan fingerprint density at radius 3 is 2.73 bits per heavy atom. The molecule has 2 N–H and O–H groups in total. The molecule has 0 aliphatic rings. The van der Waals surface area contributed by atoms with Crippen molar-refractivity contribution in [2.75, 3.05) is 6.54 Å². The van der Waals surface area contributed by atoms with E-state index >= 15 is 0 Å². The van der Waals surface area contributed by atoms with E-state index in [4.69, 9.17) is 16.0 Å². The first-order chi connectivity index (χ1) is 12.2. The molecule has 0 atom stereocenters. The molecule has 26 heavy (non-hydrogen) atoms. The molecule has 138 valence electrons. The number of guanidine groups is 1. The molecule has 0 saturated heterocycles. The van der Waals surface area contributed by atoms with E-state index in [1.54, 1.807) is 17.6 Å². The number of nitrogens with zero attached hydrogens (tertiary/aromatic N) is 2. The number of nitrogens with one attached hydrogen (secondary N) is 2. The molecular formula is C18H20ClIN4OS. The Balaban J connectivity index is 0.00000243. The third-order valence-corrected chi connectivity index (χ3v) is 4.51. The van der Waals surface area contributed by atoms with Crippen LogP contribution >= 0.6 is 46.9 Å². The van der Waals surface area contributed by atoms with Gasteiger partial charge < -0.3 is 15.1 Å². The fraction of sp³-hybridized carbons (Fsp3) is 0.222. The number of hydrogen-bond donors (Lipinski definition) is 2. The van der Waals surface area contributed by atoms with Gasteiger partial charge in [-0.25, -0.2) is 9.98 Å². The fourth-order valence-corrected chi connectivity index (χ4v) is 2.96. The van der Waals surface area contributed by atoms with Crippen LogP contribution in [0.4, 0.5) is 0 Å². The molecule has 0 amide bonds. The molecule has 3 aromatic rings. The summed E-state index contributed by atoms with van der Waals surface area (Å²) in [6.45, 7) is 3.93. The highest BCUT2D eigenvalue weighted by Gasteiger charge is 2.08. The van der Waals surface area contributed by atoms with Crippen LogP contribution in [0.3, 0.4) is 0 Å². The van der Waals surface area contributed by atoms with Gasteiger partial charge in [0.25, 0.3) is 0 Å². The number of hydrogen-bond acceptors (Lipinski definition) is 4. The lowest BCUT2D eigenvalue weighted by atomic mass is 10.2. The van der Waals surface area contributed by atoms with E-state index in [9.17, 15) is 0 Å². The lowest BCUT2D eigenvalue weighted by Gasteiger charge is -2.10. The van der Waals surface area contributed by atoms with E-state index in [0.29, 0.717) is 19.0 Å². The van der Waals surface area contributed by atoms with E-state index in [1.165, 1.54) is 0 Å². The summed E-state index contributed by atoms with van der Waals surface area (Å²) >= 11 is 7.51. The maximum Gasteiger partial charge on any atom is 0.236 e. The maximum absolute atomic E-state index is 5.91. The summed E-state index contributed by atoms with van der Waals surface area (Å²) in [4.78, 5) is 10.1. The van der Waals surface area contributed by atoms with Crippen molar-refractivity contribution in [3.05, 3.63) is 64.3 Å². The average Bonchev–Trinajstić information content (AvgIpc) is 3.30. The summed E-state index contributed by atoms with van der Waals surface area (Å²) in [5.41, 5.74) is 1.93. The van der Waals surface area contributed by atoms with E-state index in [0.717, 1.165) is 33.7 Å². The number of rotatable bonds is 6. The summed E-state index contributed by atoms with van der Waals surface area (Å²) < 4.78 is 5.53. The molecule has 0 unspecified atom stereocenters. The molecule has 5 nitrogen and oxygen atoms in total.